The minimum absolute atomic E-state index is 0.370. The van der Waals surface area contributed by atoms with E-state index in [0.717, 1.165) is 18.4 Å². The molecule has 0 atom stereocenters. The smallest absolute Gasteiger partial charge is 0.356 e. The van der Waals surface area contributed by atoms with Crippen molar-refractivity contribution in [1.82, 2.24) is 4.98 Å². The van der Waals surface area contributed by atoms with E-state index in [1.165, 1.54) is 90.6 Å². The average molecular weight is 384 g/mol. The van der Waals surface area contributed by atoms with E-state index >= 15 is 0 Å². The van der Waals surface area contributed by atoms with Crippen LogP contribution in [0.3, 0.4) is 0 Å². The second kappa shape index (κ2) is 15.1. The maximum absolute atomic E-state index is 11.5. The van der Waals surface area contributed by atoms with Crippen molar-refractivity contribution in [2.75, 3.05) is 7.11 Å². The SMILES string of the molecule is CCCCCCCCCCCCCCCCc1c[nH]c(C(=O)OC)c1Cl. The molecule has 0 amide bonds. The molecular weight excluding hydrogens is 346 g/mol. The van der Waals surface area contributed by atoms with Gasteiger partial charge in [0.1, 0.15) is 5.69 Å². The Hall–Kier alpha value is -0.960. The molecule has 0 aliphatic carbocycles. The molecule has 0 aliphatic rings. The van der Waals surface area contributed by atoms with E-state index < -0.39 is 5.97 Å². The molecule has 0 radical (unpaired) electrons. The Kier molecular flexibility index (Phi) is 13.4. The summed E-state index contributed by atoms with van der Waals surface area (Å²) in [6.45, 7) is 2.27. The number of hydrogen-bond donors (Lipinski definition) is 1. The summed E-state index contributed by atoms with van der Waals surface area (Å²) >= 11 is 6.22. The van der Waals surface area contributed by atoms with Gasteiger partial charge < -0.3 is 9.72 Å². The van der Waals surface area contributed by atoms with E-state index in [4.69, 9.17) is 16.3 Å². The summed E-state index contributed by atoms with van der Waals surface area (Å²) in [5.41, 5.74) is 1.39. The fourth-order valence-electron chi connectivity index (χ4n) is 3.39. The topological polar surface area (TPSA) is 42.1 Å². The molecule has 1 N–H and O–H groups in total. The summed E-state index contributed by atoms with van der Waals surface area (Å²) in [6.07, 6.45) is 21.8. The van der Waals surface area contributed by atoms with Crippen molar-refractivity contribution in [3.63, 3.8) is 0 Å². The van der Waals surface area contributed by atoms with Gasteiger partial charge in [0.15, 0.2) is 0 Å². The van der Waals surface area contributed by atoms with Crippen molar-refractivity contribution >= 4 is 17.6 Å². The minimum atomic E-state index is -0.401. The molecule has 0 bridgehead atoms. The van der Waals surface area contributed by atoms with E-state index in [0.29, 0.717) is 10.7 Å². The fourth-order valence-corrected chi connectivity index (χ4v) is 3.67. The Bertz CT molecular complexity index is 484. The van der Waals surface area contributed by atoms with Gasteiger partial charge in [-0.15, -0.1) is 0 Å². The summed E-state index contributed by atoms with van der Waals surface area (Å²) in [5, 5.41) is 0.520. The first kappa shape index (κ1) is 23.1. The van der Waals surface area contributed by atoms with Crippen LogP contribution in [0.4, 0.5) is 0 Å². The number of aromatic nitrogens is 1. The number of rotatable bonds is 16. The second-order valence-corrected chi connectivity index (χ2v) is 7.72. The van der Waals surface area contributed by atoms with E-state index in [2.05, 4.69) is 11.9 Å². The molecule has 1 rings (SSSR count). The van der Waals surface area contributed by atoms with Crippen molar-refractivity contribution in [3.8, 4) is 0 Å². The van der Waals surface area contributed by atoms with Gasteiger partial charge in [-0.1, -0.05) is 102 Å². The van der Waals surface area contributed by atoms with Crippen LogP contribution in [0.15, 0.2) is 6.20 Å². The first-order chi connectivity index (χ1) is 12.7. The van der Waals surface area contributed by atoms with Crippen LogP contribution in [0.25, 0.3) is 0 Å². The Morgan fingerprint density at radius 3 is 1.81 bits per heavy atom. The second-order valence-electron chi connectivity index (χ2n) is 7.34. The molecule has 0 aromatic carbocycles. The van der Waals surface area contributed by atoms with Crippen LogP contribution in [-0.4, -0.2) is 18.1 Å². The van der Waals surface area contributed by atoms with Crippen molar-refractivity contribution in [2.45, 2.75) is 103 Å². The lowest BCUT2D eigenvalue weighted by Gasteiger charge is -2.03. The Labute approximate surface area is 165 Å². The van der Waals surface area contributed by atoms with Crippen molar-refractivity contribution in [2.24, 2.45) is 0 Å². The fraction of sp³-hybridized carbons (Fsp3) is 0.773. The molecule has 1 aromatic rings. The first-order valence-electron chi connectivity index (χ1n) is 10.6. The van der Waals surface area contributed by atoms with Crippen LogP contribution in [0.5, 0.6) is 0 Å². The molecule has 150 valence electrons. The molecule has 0 aliphatic heterocycles. The molecule has 3 nitrogen and oxygen atoms in total. The maximum Gasteiger partial charge on any atom is 0.356 e. The number of aromatic amines is 1. The minimum Gasteiger partial charge on any atom is -0.464 e. The highest BCUT2D eigenvalue weighted by Crippen LogP contribution is 2.23. The Balaban J connectivity index is 1.92. The first-order valence-corrected chi connectivity index (χ1v) is 11.0. The predicted molar refractivity (Wildman–Crippen MR) is 111 cm³/mol. The number of aryl methyl sites for hydroxylation is 1. The maximum atomic E-state index is 11.5. The van der Waals surface area contributed by atoms with E-state index in [-0.39, 0.29) is 0 Å². The van der Waals surface area contributed by atoms with Crippen molar-refractivity contribution in [3.05, 3.63) is 22.5 Å². The molecule has 0 spiro atoms. The largest absolute Gasteiger partial charge is 0.464 e. The van der Waals surface area contributed by atoms with Gasteiger partial charge in [0.25, 0.3) is 0 Å². The van der Waals surface area contributed by atoms with E-state index in [1.807, 2.05) is 6.20 Å². The number of H-pyrrole nitrogens is 1. The lowest BCUT2D eigenvalue weighted by molar-refractivity contribution is 0.0595. The highest BCUT2D eigenvalue weighted by Gasteiger charge is 2.15. The number of ether oxygens (including phenoxy) is 1. The molecule has 0 saturated carbocycles. The summed E-state index contributed by atoms with van der Waals surface area (Å²) in [5.74, 6) is -0.401. The quantitative estimate of drug-likeness (QED) is 0.237. The normalized spacial score (nSPS) is 11.0. The number of carbonyl (C=O) groups excluding carboxylic acids is 1. The number of methoxy groups -OCH3 is 1. The van der Waals surface area contributed by atoms with Crippen LogP contribution in [0.1, 0.15) is 113 Å². The van der Waals surface area contributed by atoms with Crippen LogP contribution in [0.2, 0.25) is 5.02 Å². The molecule has 1 heterocycles. The van der Waals surface area contributed by atoms with Crippen LogP contribution in [0, 0.1) is 0 Å². The summed E-state index contributed by atoms with van der Waals surface area (Å²) in [6, 6.07) is 0. The third-order valence-electron chi connectivity index (χ3n) is 5.08. The van der Waals surface area contributed by atoms with Crippen LogP contribution < -0.4 is 0 Å². The number of hydrogen-bond acceptors (Lipinski definition) is 2. The van der Waals surface area contributed by atoms with Gasteiger partial charge >= 0.3 is 5.97 Å². The summed E-state index contributed by atoms with van der Waals surface area (Å²) in [7, 11) is 1.37. The van der Waals surface area contributed by atoms with Gasteiger partial charge in [0, 0.05) is 6.20 Å². The van der Waals surface area contributed by atoms with Crippen molar-refractivity contribution in [1.29, 1.82) is 0 Å². The lowest BCUT2D eigenvalue weighted by Crippen LogP contribution is -2.01. The van der Waals surface area contributed by atoms with E-state index in [1.54, 1.807) is 0 Å². The molecule has 1 aromatic heterocycles. The zero-order valence-electron chi connectivity index (χ0n) is 16.9. The zero-order valence-corrected chi connectivity index (χ0v) is 17.6. The summed E-state index contributed by atoms with van der Waals surface area (Å²) < 4.78 is 4.70. The van der Waals surface area contributed by atoms with Gasteiger partial charge in [-0.2, -0.15) is 0 Å². The number of esters is 1. The molecule has 0 saturated heterocycles. The lowest BCUT2D eigenvalue weighted by atomic mass is 10.0. The van der Waals surface area contributed by atoms with Crippen LogP contribution >= 0.6 is 11.6 Å². The monoisotopic (exact) mass is 383 g/mol. The molecular formula is C22H38ClNO2. The third kappa shape index (κ3) is 9.66. The van der Waals surface area contributed by atoms with Crippen LogP contribution in [-0.2, 0) is 11.2 Å². The number of halogens is 1. The molecule has 4 heteroatoms. The Morgan fingerprint density at radius 2 is 1.35 bits per heavy atom. The third-order valence-corrected chi connectivity index (χ3v) is 5.51. The number of carbonyl (C=O) groups is 1. The highest BCUT2D eigenvalue weighted by atomic mass is 35.5. The van der Waals surface area contributed by atoms with Gasteiger partial charge in [-0.3, -0.25) is 0 Å². The number of nitrogens with one attached hydrogen (secondary N) is 1. The van der Waals surface area contributed by atoms with E-state index in [9.17, 15) is 4.79 Å². The summed E-state index contributed by atoms with van der Waals surface area (Å²) in [4.78, 5) is 14.4. The predicted octanol–water partition coefficient (Wildman–Crippen LogP) is 7.48. The molecule has 26 heavy (non-hydrogen) atoms. The van der Waals surface area contributed by atoms with Gasteiger partial charge in [0.2, 0.25) is 0 Å². The van der Waals surface area contributed by atoms with Gasteiger partial charge in [0.05, 0.1) is 12.1 Å². The highest BCUT2D eigenvalue weighted by molar-refractivity contribution is 6.34. The number of unbranched alkanes of at least 4 members (excludes halogenated alkanes) is 13. The zero-order chi connectivity index (χ0) is 19.0. The van der Waals surface area contributed by atoms with Gasteiger partial charge in [-0.05, 0) is 18.4 Å². The van der Waals surface area contributed by atoms with Gasteiger partial charge in [-0.25, -0.2) is 4.79 Å². The molecule has 0 unspecified atom stereocenters. The Morgan fingerprint density at radius 1 is 0.885 bits per heavy atom. The standard InChI is InChI=1S/C22H38ClNO2/c1-3-4-5-6-7-8-9-10-11-12-13-14-15-16-17-19-18-24-21(20(19)23)22(25)26-2/h18,24H,3-17H2,1-2H3. The molecule has 0 fully saturated rings. The average Bonchev–Trinajstić information content (AvgIpc) is 3.02. The van der Waals surface area contributed by atoms with Crippen molar-refractivity contribution < 1.29 is 9.53 Å².